The van der Waals surface area contributed by atoms with Crippen LogP contribution in [0.3, 0.4) is 0 Å². The van der Waals surface area contributed by atoms with Gasteiger partial charge in [-0.3, -0.25) is 0 Å². The van der Waals surface area contributed by atoms with Gasteiger partial charge in [-0.05, 0) is 42.9 Å². The van der Waals surface area contributed by atoms with Crippen molar-refractivity contribution in [2.75, 3.05) is 0 Å². The molecule has 2 rings (SSSR count). The van der Waals surface area contributed by atoms with Gasteiger partial charge in [-0.25, -0.2) is 0 Å². The molecule has 0 aliphatic heterocycles. The summed E-state index contributed by atoms with van der Waals surface area (Å²) in [6.07, 6.45) is 7.07. The Balaban J connectivity index is 2.02. The highest BCUT2D eigenvalue weighted by Crippen LogP contribution is 2.37. The highest BCUT2D eigenvalue weighted by molar-refractivity contribution is 9.09. The lowest BCUT2D eigenvalue weighted by atomic mass is 9.96. The number of alkyl halides is 1. The Kier molecular flexibility index (Phi) is 4.07. The van der Waals surface area contributed by atoms with E-state index in [1.807, 2.05) is 0 Å². The third kappa shape index (κ3) is 2.88. The fourth-order valence-corrected chi connectivity index (χ4v) is 3.45. The molecular weight excluding hydrogens is 260 g/mol. The maximum atomic E-state index is 3.85. The molecule has 0 nitrogen and oxygen atoms in total. The van der Waals surface area contributed by atoms with Gasteiger partial charge < -0.3 is 0 Å². The number of hydrogen-bond donors (Lipinski definition) is 0. The van der Waals surface area contributed by atoms with Crippen molar-refractivity contribution in [2.24, 2.45) is 5.92 Å². The summed E-state index contributed by atoms with van der Waals surface area (Å²) in [6.45, 7) is 4.38. The van der Waals surface area contributed by atoms with Crippen LogP contribution in [0.25, 0.3) is 0 Å². The Morgan fingerprint density at radius 1 is 1.19 bits per heavy atom. The highest BCUT2D eigenvalue weighted by Gasteiger charge is 2.19. The fraction of sp³-hybridized carbons (Fsp3) is 0.600. The third-order valence-electron chi connectivity index (χ3n) is 3.91. The van der Waals surface area contributed by atoms with Gasteiger partial charge in [-0.2, -0.15) is 0 Å². The number of hydrogen-bond acceptors (Lipinski definition) is 0. The molecule has 1 atom stereocenters. The minimum atomic E-state index is 0.551. The quantitative estimate of drug-likeness (QED) is 0.658. The summed E-state index contributed by atoms with van der Waals surface area (Å²) in [7, 11) is 0. The lowest BCUT2D eigenvalue weighted by Crippen LogP contribution is -2.00. The first-order valence-corrected chi connectivity index (χ1v) is 7.29. The summed E-state index contributed by atoms with van der Waals surface area (Å²) in [5.74, 6) is 0.950. The molecule has 1 aromatic rings. The average Bonchev–Trinajstić information content (AvgIpc) is 2.74. The van der Waals surface area contributed by atoms with Crippen molar-refractivity contribution in [3.63, 3.8) is 0 Å². The van der Waals surface area contributed by atoms with Crippen LogP contribution in [0.1, 0.15) is 53.6 Å². The van der Waals surface area contributed by atoms with E-state index in [1.165, 1.54) is 48.8 Å². The topological polar surface area (TPSA) is 0 Å². The van der Waals surface area contributed by atoms with Gasteiger partial charge in [0.05, 0.1) is 0 Å². The van der Waals surface area contributed by atoms with Crippen molar-refractivity contribution >= 4 is 15.9 Å². The van der Waals surface area contributed by atoms with Gasteiger partial charge in [0.25, 0.3) is 0 Å². The zero-order chi connectivity index (χ0) is 11.5. The second-order valence-corrected chi connectivity index (χ2v) is 6.30. The lowest BCUT2D eigenvalue weighted by molar-refractivity contribution is 0.502. The second-order valence-electron chi connectivity index (χ2n) is 5.20. The van der Waals surface area contributed by atoms with Crippen molar-refractivity contribution in [1.29, 1.82) is 0 Å². The molecule has 0 aromatic heterocycles. The molecule has 0 N–H and O–H groups in total. The Labute approximate surface area is 108 Å². The van der Waals surface area contributed by atoms with Crippen molar-refractivity contribution < 1.29 is 0 Å². The summed E-state index contributed by atoms with van der Waals surface area (Å²) >= 11 is 3.85. The van der Waals surface area contributed by atoms with Crippen LogP contribution in [0.15, 0.2) is 18.2 Å². The van der Waals surface area contributed by atoms with Crippen LogP contribution in [0.4, 0.5) is 0 Å². The molecule has 1 saturated carbocycles. The van der Waals surface area contributed by atoms with E-state index in [1.54, 1.807) is 0 Å². The monoisotopic (exact) mass is 280 g/mol. The number of rotatable bonds is 3. The van der Waals surface area contributed by atoms with Crippen molar-refractivity contribution in [3.8, 4) is 0 Å². The molecule has 1 unspecified atom stereocenters. The van der Waals surface area contributed by atoms with Crippen LogP contribution in [0.2, 0.25) is 0 Å². The molecule has 1 aliphatic carbocycles. The standard InChI is InChI=1S/C15H21Br/c1-11-7-8-14(9-12(11)2)15(16)10-13-5-3-4-6-13/h7-9,13,15H,3-6,10H2,1-2H3. The van der Waals surface area contributed by atoms with Crippen LogP contribution in [-0.4, -0.2) is 0 Å². The Morgan fingerprint density at radius 2 is 1.88 bits per heavy atom. The first-order valence-electron chi connectivity index (χ1n) is 6.38. The molecule has 1 aliphatic rings. The second kappa shape index (κ2) is 5.35. The molecule has 16 heavy (non-hydrogen) atoms. The lowest BCUT2D eigenvalue weighted by Gasteiger charge is -2.16. The summed E-state index contributed by atoms with van der Waals surface area (Å²) in [4.78, 5) is 0.551. The predicted octanol–water partition coefficient (Wildman–Crippen LogP) is 5.32. The van der Waals surface area contributed by atoms with E-state index in [2.05, 4.69) is 48.0 Å². The number of aryl methyl sites for hydroxylation is 2. The van der Waals surface area contributed by atoms with Gasteiger partial charge in [0, 0.05) is 4.83 Å². The average molecular weight is 281 g/mol. The van der Waals surface area contributed by atoms with Crippen LogP contribution >= 0.6 is 15.9 Å². The minimum Gasteiger partial charge on any atom is -0.0839 e. The van der Waals surface area contributed by atoms with Gasteiger partial charge in [0.15, 0.2) is 0 Å². The van der Waals surface area contributed by atoms with E-state index in [0.29, 0.717) is 4.83 Å². The highest BCUT2D eigenvalue weighted by atomic mass is 79.9. The first-order chi connectivity index (χ1) is 7.66. The van der Waals surface area contributed by atoms with E-state index in [-0.39, 0.29) is 0 Å². The van der Waals surface area contributed by atoms with E-state index >= 15 is 0 Å². The third-order valence-corrected chi connectivity index (χ3v) is 4.81. The molecule has 0 amide bonds. The summed E-state index contributed by atoms with van der Waals surface area (Å²) < 4.78 is 0. The SMILES string of the molecule is Cc1ccc(C(Br)CC2CCCC2)cc1C. The first kappa shape index (κ1) is 12.2. The maximum Gasteiger partial charge on any atom is 0.0398 e. The zero-order valence-corrected chi connectivity index (χ0v) is 11.9. The van der Waals surface area contributed by atoms with Gasteiger partial charge in [-0.1, -0.05) is 59.8 Å². The molecule has 0 saturated heterocycles. The van der Waals surface area contributed by atoms with Crippen molar-refractivity contribution in [3.05, 3.63) is 34.9 Å². The molecular formula is C15H21Br. The molecule has 0 heterocycles. The maximum absolute atomic E-state index is 3.85. The number of benzene rings is 1. The van der Waals surface area contributed by atoms with Gasteiger partial charge in [0.1, 0.15) is 0 Å². The van der Waals surface area contributed by atoms with E-state index in [9.17, 15) is 0 Å². The molecule has 88 valence electrons. The van der Waals surface area contributed by atoms with Gasteiger partial charge in [0.2, 0.25) is 0 Å². The predicted molar refractivity (Wildman–Crippen MR) is 74.2 cm³/mol. The Morgan fingerprint density at radius 3 is 2.50 bits per heavy atom. The van der Waals surface area contributed by atoms with Crippen LogP contribution in [0, 0.1) is 19.8 Å². The van der Waals surface area contributed by atoms with E-state index in [0.717, 1.165) is 5.92 Å². The molecule has 0 spiro atoms. The zero-order valence-electron chi connectivity index (χ0n) is 10.3. The molecule has 1 heteroatoms. The number of halogens is 1. The minimum absolute atomic E-state index is 0.551. The fourth-order valence-electron chi connectivity index (χ4n) is 2.63. The van der Waals surface area contributed by atoms with Gasteiger partial charge in [-0.15, -0.1) is 0 Å². The Bertz CT molecular complexity index is 350. The van der Waals surface area contributed by atoms with E-state index < -0.39 is 0 Å². The normalized spacial score (nSPS) is 18.9. The van der Waals surface area contributed by atoms with E-state index in [4.69, 9.17) is 0 Å². The molecule has 1 aromatic carbocycles. The van der Waals surface area contributed by atoms with Crippen LogP contribution in [0.5, 0.6) is 0 Å². The van der Waals surface area contributed by atoms with Crippen molar-refractivity contribution in [1.82, 2.24) is 0 Å². The van der Waals surface area contributed by atoms with Crippen LogP contribution in [-0.2, 0) is 0 Å². The summed E-state index contributed by atoms with van der Waals surface area (Å²) in [6, 6.07) is 6.86. The molecule has 0 bridgehead atoms. The van der Waals surface area contributed by atoms with Crippen molar-refractivity contribution in [2.45, 2.75) is 50.8 Å². The molecule has 0 radical (unpaired) electrons. The largest absolute Gasteiger partial charge is 0.0839 e. The Hall–Kier alpha value is -0.300. The van der Waals surface area contributed by atoms with Crippen LogP contribution < -0.4 is 0 Å². The summed E-state index contributed by atoms with van der Waals surface area (Å²) in [5, 5.41) is 0. The van der Waals surface area contributed by atoms with Gasteiger partial charge >= 0.3 is 0 Å². The summed E-state index contributed by atoms with van der Waals surface area (Å²) in [5.41, 5.74) is 4.26. The smallest absolute Gasteiger partial charge is 0.0398 e. The molecule has 1 fully saturated rings.